The molecule has 0 radical (unpaired) electrons. The summed E-state index contributed by atoms with van der Waals surface area (Å²) in [5.41, 5.74) is 3.13. The van der Waals surface area contributed by atoms with Crippen LogP contribution in [0.15, 0.2) is 48.8 Å². The largest absolute Gasteiger partial charge is 0.465 e. The first kappa shape index (κ1) is 13.1. The molecule has 0 aliphatic carbocycles. The van der Waals surface area contributed by atoms with Gasteiger partial charge in [-0.25, -0.2) is 0 Å². The van der Waals surface area contributed by atoms with Crippen molar-refractivity contribution in [2.75, 3.05) is 18.5 Å². The van der Waals surface area contributed by atoms with Crippen LogP contribution in [0.3, 0.4) is 0 Å². The number of rotatable bonds is 5. The van der Waals surface area contributed by atoms with E-state index in [-0.39, 0.29) is 12.5 Å². The van der Waals surface area contributed by atoms with Crippen molar-refractivity contribution >= 4 is 11.7 Å². The molecular formula is C15H16N2O2. The van der Waals surface area contributed by atoms with Crippen LogP contribution in [0.4, 0.5) is 5.69 Å². The van der Waals surface area contributed by atoms with Crippen molar-refractivity contribution in [3.05, 3.63) is 48.8 Å². The average molecular weight is 256 g/mol. The van der Waals surface area contributed by atoms with Gasteiger partial charge in [0.05, 0.1) is 6.61 Å². The Balaban J connectivity index is 1.97. The zero-order valence-electron chi connectivity index (χ0n) is 10.8. The molecule has 1 aromatic carbocycles. The number of hydrogen-bond acceptors (Lipinski definition) is 4. The van der Waals surface area contributed by atoms with Gasteiger partial charge in [0.2, 0.25) is 0 Å². The first-order valence-electron chi connectivity index (χ1n) is 6.19. The normalized spacial score (nSPS) is 9.95. The smallest absolute Gasteiger partial charge is 0.325 e. The minimum atomic E-state index is -0.249. The van der Waals surface area contributed by atoms with Crippen LogP contribution in [-0.2, 0) is 9.53 Å². The second-order valence-corrected chi connectivity index (χ2v) is 3.97. The molecule has 0 fully saturated rings. The molecule has 0 saturated carbocycles. The average Bonchev–Trinajstić information content (AvgIpc) is 2.47. The number of ether oxygens (including phenoxy) is 1. The molecule has 1 heterocycles. The number of esters is 1. The molecule has 0 unspecified atom stereocenters. The number of aromatic nitrogens is 1. The number of pyridine rings is 1. The highest BCUT2D eigenvalue weighted by Crippen LogP contribution is 2.20. The van der Waals surface area contributed by atoms with E-state index in [1.54, 1.807) is 19.3 Å². The maximum absolute atomic E-state index is 11.2. The number of carbonyl (C=O) groups is 1. The third-order valence-electron chi connectivity index (χ3n) is 2.64. The Kier molecular flexibility index (Phi) is 4.50. The third-order valence-corrected chi connectivity index (χ3v) is 2.64. The summed E-state index contributed by atoms with van der Waals surface area (Å²) >= 11 is 0. The van der Waals surface area contributed by atoms with Crippen molar-refractivity contribution in [3.63, 3.8) is 0 Å². The van der Waals surface area contributed by atoms with Crippen LogP contribution in [0.5, 0.6) is 0 Å². The van der Waals surface area contributed by atoms with Gasteiger partial charge in [-0.3, -0.25) is 9.78 Å². The minimum absolute atomic E-state index is 0.183. The van der Waals surface area contributed by atoms with E-state index in [1.165, 1.54) is 0 Å². The van der Waals surface area contributed by atoms with Gasteiger partial charge in [0.15, 0.2) is 0 Å². The van der Waals surface area contributed by atoms with E-state index in [0.717, 1.165) is 16.8 Å². The Hall–Kier alpha value is -2.36. The fraction of sp³-hybridized carbons (Fsp3) is 0.200. The number of nitrogens with zero attached hydrogens (tertiary/aromatic N) is 1. The molecule has 0 aliphatic heterocycles. The Morgan fingerprint density at radius 1 is 1.11 bits per heavy atom. The number of nitrogens with one attached hydrogen (secondary N) is 1. The lowest BCUT2D eigenvalue weighted by atomic mass is 10.1. The van der Waals surface area contributed by atoms with Crippen LogP contribution < -0.4 is 5.32 Å². The van der Waals surface area contributed by atoms with Crippen LogP contribution in [0.2, 0.25) is 0 Å². The van der Waals surface area contributed by atoms with Crippen LogP contribution in [-0.4, -0.2) is 24.1 Å². The van der Waals surface area contributed by atoms with Crippen molar-refractivity contribution in [3.8, 4) is 11.1 Å². The van der Waals surface area contributed by atoms with Crippen molar-refractivity contribution in [1.82, 2.24) is 4.98 Å². The predicted molar refractivity (Wildman–Crippen MR) is 74.8 cm³/mol. The number of carbonyl (C=O) groups excluding carboxylic acids is 1. The molecule has 0 aliphatic rings. The van der Waals surface area contributed by atoms with Gasteiger partial charge in [-0.2, -0.15) is 0 Å². The maximum atomic E-state index is 11.2. The molecule has 0 saturated heterocycles. The van der Waals surface area contributed by atoms with Crippen molar-refractivity contribution < 1.29 is 9.53 Å². The molecule has 2 rings (SSSR count). The van der Waals surface area contributed by atoms with Gasteiger partial charge in [0, 0.05) is 18.1 Å². The molecule has 4 nitrogen and oxygen atoms in total. The summed E-state index contributed by atoms with van der Waals surface area (Å²) in [5, 5.41) is 3.02. The lowest BCUT2D eigenvalue weighted by Gasteiger charge is -2.07. The summed E-state index contributed by atoms with van der Waals surface area (Å²) in [6.07, 6.45) is 3.53. The molecule has 2 aromatic rings. The highest BCUT2D eigenvalue weighted by molar-refractivity contribution is 5.75. The fourth-order valence-electron chi connectivity index (χ4n) is 1.71. The van der Waals surface area contributed by atoms with Crippen LogP contribution in [0.25, 0.3) is 11.1 Å². The molecule has 0 atom stereocenters. The standard InChI is InChI=1S/C15H16N2O2/c1-2-19-15(18)11-17-14-5-3-12(4-6-14)13-7-9-16-10-8-13/h3-10,17H,2,11H2,1H3. The van der Waals surface area contributed by atoms with Crippen molar-refractivity contribution in [1.29, 1.82) is 0 Å². The van der Waals surface area contributed by atoms with E-state index in [0.29, 0.717) is 6.61 Å². The van der Waals surface area contributed by atoms with Gasteiger partial charge in [0.1, 0.15) is 6.54 Å². The van der Waals surface area contributed by atoms with Crippen LogP contribution >= 0.6 is 0 Å². The molecule has 98 valence electrons. The fourth-order valence-corrected chi connectivity index (χ4v) is 1.71. The Morgan fingerprint density at radius 3 is 2.37 bits per heavy atom. The lowest BCUT2D eigenvalue weighted by Crippen LogP contribution is -2.16. The molecule has 0 amide bonds. The first-order chi connectivity index (χ1) is 9.29. The second kappa shape index (κ2) is 6.54. The summed E-state index contributed by atoms with van der Waals surface area (Å²) in [6, 6.07) is 11.8. The van der Waals surface area contributed by atoms with Crippen molar-refractivity contribution in [2.45, 2.75) is 6.92 Å². The molecule has 0 spiro atoms. The highest BCUT2D eigenvalue weighted by Gasteiger charge is 2.01. The quantitative estimate of drug-likeness (QED) is 0.836. The van der Waals surface area contributed by atoms with Gasteiger partial charge < -0.3 is 10.1 Å². The van der Waals surface area contributed by atoms with Gasteiger partial charge in [0.25, 0.3) is 0 Å². The number of benzene rings is 1. The lowest BCUT2D eigenvalue weighted by molar-refractivity contribution is -0.140. The third kappa shape index (κ3) is 3.81. The zero-order chi connectivity index (χ0) is 13.5. The molecule has 1 N–H and O–H groups in total. The van der Waals surface area contributed by atoms with Crippen molar-refractivity contribution in [2.24, 2.45) is 0 Å². The molecular weight excluding hydrogens is 240 g/mol. The maximum Gasteiger partial charge on any atom is 0.325 e. The molecule has 4 heteroatoms. The van der Waals surface area contributed by atoms with E-state index in [1.807, 2.05) is 36.4 Å². The topological polar surface area (TPSA) is 51.2 Å². The van der Waals surface area contributed by atoms with E-state index in [4.69, 9.17) is 4.74 Å². The second-order valence-electron chi connectivity index (χ2n) is 3.97. The highest BCUT2D eigenvalue weighted by atomic mass is 16.5. The van der Waals surface area contributed by atoms with Gasteiger partial charge in [-0.1, -0.05) is 12.1 Å². The monoisotopic (exact) mass is 256 g/mol. The van der Waals surface area contributed by atoms with E-state index in [2.05, 4.69) is 10.3 Å². The predicted octanol–water partition coefficient (Wildman–Crippen LogP) is 2.72. The Bertz CT molecular complexity index is 524. The number of anilines is 1. The molecule has 0 bridgehead atoms. The Labute approximate surface area is 112 Å². The van der Waals surface area contributed by atoms with Gasteiger partial charge in [-0.05, 0) is 42.3 Å². The summed E-state index contributed by atoms with van der Waals surface area (Å²) in [6.45, 7) is 2.38. The Morgan fingerprint density at radius 2 is 1.74 bits per heavy atom. The van der Waals surface area contributed by atoms with Gasteiger partial charge in [-0.15, -0.1) is 0 Å². The SMILES string of the molecule is CCOC(=O)CNc1ccc(-c2ccncc2)cc1. The first-order valence-corrected chi connectivity index (χ1v) is 6.19. The summed E-state index contributed by atoms with van der Waals surface area (Å²) in [4.78, 5) is 15.2. The summed E-state index contributed by atoms with van der Waals surface area (Å²) < 4.78 is 4.85. The van der Waals surface area contributed by atoms with E-state index in [9.17, 15) is 4.79 Å². The minimum Gasteiger partial charge on any atom is -0.465 e. The number of hydrogen-bond donors (Lipinski definition) is 1. The van der Waals surface area contributed by atoms with Crippen LogP contribution in [0.1, 0.15) is 6.92 Å². The van der Waals surface area contributed by atoms with E-state index >= 15 is 0 Å². The summed E-state index contributed by atoms with van der Waals surface area (Å²) in [7, 11) is 0. The molecule has 1 aromatic heterocycles. The van der Waals surface area contributed by atoms with Crippen LogP contribution in [0, 0.1) is 0 Å². The van der Waals surface area contributed by atoms with Gasteiger partial charge >= 0.3 is 5.97 Å². The zero-order valence-corrected chi connectivity index (χ0v) is 10.8. The van der Waals surface area contributed by atoms with E-state index < -0.39 is 0 Å². The summed E-state index contributed by atoms with van der Waals surface area (Å²) in [5.74, 6) is -0.249. The molecule has 19 heavy (non-hydrogen) atoms.